The quantitative estimate of drug-likeness (QED) is 0.913. The van der Waals surface area contributed by atoms with Crippen LogP contribution in [0.2, 0.25) is 5.02 Å². The van der Waals surface area contributed by atoms with Crippen LogP contribution in [-0.2, 0) is 10.2 Å². The fourth-order valence-corrected chi connectivity index (χ4v) is 3.43. The summed E-state index contributed by atoms with van der Waals surface area (Å²) in [5, 5.41) is 10.3. The number of carbonyl (C=O) groups is 1. The Hall–Kier alpha value is -1.22. The standard InChI is InChI=1S/C15H19ClO3/c1-10-6-7-11(16)12(13(10)19-2)15(14(17)18)8-4-3-5-9-15/h6-7H,3-5,8-9H2,1-2H3,(H,17,18). The third-order valence-corrected chi connectivity index (χ3v) is 4.42. The van der Waals surface area contributed by atoms with Crippen molar-refractivity contribution in [1.29, 1.82) is 0 Å². The minimum atomic E-state index is -0.896. The molecule has 19 heavy (non-hydrogen) atoms. The highest BCUT2D eigenvalue weighted by atomic mass is 35.5. The van der Waals surface area contributed by atoms with Crippen molar-refractivity contribution in [3.63, 3.8) is 0 Å². The topological polar surface area (TPSA) is 46.5 Å². The second-order valence-electron chi connectivity index (χ2n) is 5.22. The van der Waals surface area contributed by atoms with E-state index >= 15 is 0 Å². The number of aliphatic carboxylic acids is 1. The molecule has 1 fully saturated rings. The Bertz CT molecular complexity index is 490. The van der Waals surface area contributed by atoms with Crippen LogP contribution in [0.4, 0.5) is 0 Å². The second kappa shape index (κ2) is 5.41. The van der Waals surface area contributed by atoms with E-state index in [9.17, 15) is 9.90 Å². The van der Waals surface area contributed by atoms with Crippen molar-refractivity contribution in [3.8, 4) is 5.75 Å². The number of halogens is 1. The molecule has 1 aromatic rings. The Kier molecular flexibility index (Phi) is 4.04. The van der Waals surface area contributed by atoms with E-state index in [1.807, 2.05) is 13.0 Å². The summed E-state index contributed by atoms with van der Waals surface area (Å²) in [5.41, 5.74) is 0.684. The summed E-state index contributed by atoms with van der Waals surface area (Å²) in [5.74, 6) is -0.171. The van der Waals surface area contributed by atoms with Gasteiger partial charge >= 0.3 is 5.97 Å². The highest BCUT2D eigenvalue weighted by molar-refractivity contribution is 6.32. The molecular formula is C15H19ClO3. The monoisotopic (exact) mass is 282 g/mol. The van der Waals surface area contributed by atoms with Gasteiger partial charge in [-0.15, -0.1) is 0 Å². The second-order valence-corrected chi connectivity index (χ2v) is 5.63. The summed E-state index contributed by atoms with van der Waals surface area (Å²) < 4.78 is 5.44. The molecule has 1 N–H and O–H groups in total. The zero-order valence-corrected chi connectivity index (χ0v) is 12.1. The first-order valence-electron chi connectivity index (χ1n) is 6.60. The van der Waals surface area contributed by atoms with Crippen LogP contribution >= 0.6 is 11.6 Å². The van der Waals surface area contributed by atoms with E-state index in [1.165, 1.54) is 0 Å². The lowest BCUT2D eigenvalue weighted by molar-refractivity contribution is -0.145. The first-order valence-corrected chi connectivity index (χ1v) is 6.97. The first kappa shape index (κ1) is 14.2. The van der Waals surface area contributed by atoms with Gasteiger partial charge in [0.2, 0.25) is 0 Å². The van der Waals surface area contributed by atoms with Crippen LogP contribution < -0.4 is 4.74 Å². The molecule has 0 radical (unpaired) electrons. The number of aryl methyl sites for hydroxylation is 1. The molecule has 0 spiro atoms. The molecule has 0 atom stereocenters. The molecule has 0 aliphatic heterocycles. The van der Waals surface area contributed by atoms with Crippen molar-refractivity contribution >= 4 is 17.6 Å². The number of hydrogen-bond donors (Lipinski definition) is 1. The van der Waals surface area contributed by atoms with E-state index in [-0.39, 0.29) is 0 Å². The van der Waals surface area contributed by atoms with Crippen molar-refractivity contribution in [1.82, 2.24) is 0 Å². The molecule has 3 nitrogen and oxygen atoms in total. The molecule has 1 saturated carbocycles. The number of rotatable bonds is 3. The minimum absolute atomic E-state index is 0.492. The number of hydrogen-bond acceptors (Lipinski definition) is 2. The molecule has 0 heterocycles. The van der Waals surface area contributed by atoms with Crippen molar-refractivity contribution in [2.24, 2.45) is 0 Å². The third-order valence-electron chi connectivity index (χ3n) is 4.10. The molecule has 0 aromatic heterocycles. The first-order chi connectivity index (χ1) is 9.03. The molecule has 0 unspecified atom stereocenters. The van der Waals surface area contributed by atoms with Gasteiger partial charge in [-0.25, -0.2) is 0 Å². The third kappa shape index (κ3) is 2.32. The van der Waals surface area contributed by atoms with E-state index in [4.69, 9.17) is 16.3 Å². The van der Waals surface area contributed by atoms with Crippen molar-refractivity contribution in [3.05, 3.63) is 28.3 Å². The molecule has 0 amide bonds. The minimum Gasteiger partial charge on any atom is -0.496 e. The van der Waals surface area contributed by atoms with E-state index in [1.54, 1.807) is 13.2 Å². The predicted molar refractivity (Wildman–Crippen MR) is 75.1 cm³/mol. The van der Waals surface area contributed by atoms with Gasteiger partial charge in [0.25, 0.3) is 0 Å². The summed E-state index contributed by atoms with van der Waals surface area (Å²) in [6.45, 7) is 1.91. The van der Waals surface area contributed by atoms with Gasteiger partial charge in [-0.3, -0.25) is 4.79 Å². The van der Waals surface area contributed by atoms with Gasteiger partial charge in [0.05, 0.1) is 12.5 Å². The zero-order valence-electron chi connectivity index (χ0n) is 11.3. The molecule has 2 rings (SSSR count). The maximum absolute atomic E-state index is 11.9. The van der Waals surface area contributed by atoms with Gasteiger partial charge in [0, 0.05) is 10.6 Å². The fraction of sp³-hybridized carbons (Fsp3) is 0.533. The molecule has 1 aliphatic carbocycles. The number of carboxylic acid groups (broad SMARTS) is 1. The molecule has 0 saturated heterocycles. The van der Waals surface area contributed by atoms with Gasteiger partial charge in [-0.2, -0.15) is 0 Å². The van der Waals surface area contributed by atoms with Crippen LogP contribution in [-0.4, -0.2) is 18.2 Å². The summed E-state index contributed by atoms with van der Waals surface area (Å²) in [6, 6.07) is 3.64. The van der Waals surface area contributed by atoms with Gasteiger partial charge in [-0.1, -0.05) is 36.9 Å². The fourth-order valence-electron chi connectivity index (χ4n) is 3.10. The zero-order chi connectivity index (χ0) is 14.0. The molecule has 4 heteroatoms. The lowest BCUT2D eigenvalue weighted by atomic mass is 9.69. The summed E-state index contributed by atoms with van der Waals surface area (Å²) >= 11 is 6.30. The van der Waals surface area contributed by atoms with Crippen molar-refractivity contribution in [2.45, 2.75) is 44.4 Å². The predicted octanol–water partition coefficient (Wildman–Crippen LogP) is 3.94. The smallest absolute Gasteiger partial charge is 0.314 e. The van der Waals surface area contributed by atoms with E-state index in [0.29, 0.717) is 29.2 Å². The largest absolute Gasteiger partial charge is 0.496 e. The average Bonchev–Trinajstić information content (AvgIpc) is 2.41. The molecule has 0 bridgehead atoms. The Labute approximate surface area is 118 Å². The molecule has 1 aliphatic rings. The highest BCUT2D eigenvalue weighted by Crippen LogP contribution is 2.47. The van der Waals surface area contributed by atoms with Crippen molar-refractivity contribution in [2.75, 3.05) is 7.11 Å². The normalized spacial score (nSPS) is 18.1. The van der Waals surface area contributed by atoms with E-state index in [0.717, 1.165) is 24.8 Å². The van der Waals surface area contributed by atoms with Crippen LogP contribution in [0.25, 0.3) is 0 Å². The average molecular weight is 283 g/mol. The lowest BCUT2D eigenvalue weighted by Gasteiger charge is -2.35. The van der Waals surface area contributed by atoms with Crippen LogP contribution in [0.5, 0.6) is 5.75 Å². The van der Waals surface area contributed by atoms with Crippen LogP contribution in [0, 0.1) is 6.92 Å². The maximum atomic E-state index is 11.9. The van der Waals surface area contributed by atoms with Gasteiger partial charge in [0.1, 0.15) is 5.75 Å². The van der Waals surface area contributed by atoms with Gasteiger partial charge in [-0.05, 0) is 31.4 Å². The molecular weight excluding hydrogens is 264 g/mol. The van der Waals surface area contributed by atoms with Gasteiger partial charge < -0.3 is 9.84 Å². The Morgan fingerprint density at radius 1 is 1.32 bits per heavy atom. The number of benzene rings is 1. The summed E-state index contributed by atoms with van der Waals surface area (Å²) in [7, 11) is 1.57. The molecule has 104 valence electrons. The van der Waals surface area contributed by atoms with Crippen LogP contribution in [0.15, 0.2) is 12.1 Å². The van der Waals surface area contributed by atoms with Crippen LogP contribution in [0.1, 0.15) is 43.2 Å². The highest BCUT2D eigenvalue weighted by Gasteiger charge is 2.45. The number of ether oxygens (including phenoxy) is 1. The van der Waals surface area contributed by atoms with Crippen LogP contribution in [0.3, 0.4) is 0 Å². The van der Waals surface area contributed by atoms with Gasteiger partial charge in [0.15, 0.2) is 0 Å². The Morgan fingerprint density at radius 2 is 1.95 bits per heavy atom. The van der Waals surface area contributed by atoms with Crippen molar-refractivity contribution < 1.29 is 14.6 Å². The Morgan fingerprint density at radius 3 is 2.47 bits per heavy atom. The van der Waals surface area contributed by atoms with E-state index in [2.05, 4.69) is 0 Å². The SMILES string of the molecule is COc1c(C)ccc(Cl)c1C1(C(=O)O)CCCCC1. The lowest BCUT2D eigenvalue weighted by Crippen LogP contribution is -2.38. The molecule has 1 aromatic carbocycles. The number of methoxy groups -OCH3 is 1. The maximum Gasteiger partial charge on any atom is 0.314 e. The summed E-state index contributed by atoms with van der Waals surface area (Å²) in [4.78, 5) is 11.9. The van der Waals surface area contributed by atoms with E-state index < -0.39 is 11.4 Å². The number of carboxylic acids is 1. The Balaban J connectivity index is 2.66. The summed E-state index contributed by atoms with van der Waals surface area (Å²) in [6.07, 6.45) is 4.17.